The third-order valence-electron chi connectivity index (χ3n) is 2.90. The molecule has 0 amide bonds. The number of aromatic nitrogens is 2. The van der Waals surface area contributed by atoms with Crippen LogP contribution < -0.4 is 5.56 Å². The largest absolute Gasteiger partial charge is 0.449 e. The fraction of sp³-hybridized carbons (Fsp3) is 0.636. The molecule has 0 fully saturated rings. The number of rotatable bonds is 3. The zero-order chi connectivity index (χ0) is 14.0. The third-order valence-corrected chi connectivity index (χ3v) is 2.90. The van der Waals surface area contributed by atoms with Crippen LogP contribution in [0.4, 0.5) is 13.2 Å². The molecule has 0 spiro atoms. The van der Waals surface area contributed by atoms with E-state index >= 15 is 0 Å². The van der Waals surface area contributed by atoms with Gasteiger partial charge in [-0.1, -0.05) is 0 Å². The van der Waals surface area contributed by atoms with Crippen molar-refractivity contribution in [2.75, 3.05) is 19.9 Å². The lowest BCUT2D eigenvalue weighted by molar-refractivity contribution is -0.145. The minimum absolute atomic E-state index is 0.182. The van der Waals surface area contributed by atoms with Crippen LogP contribution in [-0.2, 0) is 23.9 Å². The lowest BCUT2D eigenvalue weighted by atomic mass is 10.1. The molecule has 0 aliphatic carbocycles. The van der Waals surface area contributed by atoms with E-state index in [1.165, 1.54) is 0 Å². The molecule has 8 heteroatoms. The summed E-state index contributed by atoms with van der Waals surface area (Å²) >= 11 is 0. The molecule has 0 saturated carbocycles. The van der Waals surface area contributed by atoms with E-state index in [0.29, 0.717) is 31.9 Å². The number of hydrogen-bond acceptors (Lipinski definition) is 4. The highest BCUT2D eigenvalue weighted by atomic mass is 19.4. The van der Waals surface area contributed by atoms with Gasteiger partial charge in [-0.2, -0.15) is 13.2 Å². The van der Waals surface area contributed by atoms with Crippen LogP contribution in [0.1, 0.15) is 24.0 Å². The molecule has 1 aromatic rings. The smallest absolute Gasteiger partial charge is 0.366 e. The van der Waals surface area contributed by atoms with Crippen molar-refractivity contribution < 1.29 is 17.9 Å². The molecular formula is C11H14F3N3O2. The molecule has 0 saturated heterocycles. The number of fused-ring (bicyclic) bond motifs is 1. The Bertz CT molecular complexity index is 513. The molecule has 0 radical (unpaired) electrons. The number of aromatic amines is 1. The van der Waals surface area contributed by atoms with E-state index in [9.17, 15) is 18.0 Å². The van der Waals surface area contributed by atoms with Crippen molar-refractivity contribution in [2.45, 2.75) is 26.1 Å². The van der Waals surface area contributed by atoms with Crippen LogP contribution in [0.5, 0.6) is 0 Å². The van der Waals surface area contributed by atoms with Gasteiger partial charge in [-0.15, -0.1) is 0 Å². The number of hydrogen-bond donors (Lipinski definition) is 1. The minimum atomic E-state index is -4.64. The lowest BCUT2D eigenvalue weighted by Crippen LogP contribution is -2.37. The topological polar surface area (TPSA) is 58.2 Å². The molecule has 0 unspecified atom stereocenters. The van der Waals surface area contributed by atoms with Crippen LogP contribution in [0.15, 0.2) is 4.79 Å². The Morgan fingerprint density at radius 1 is 1.47 bits per heavy atom. The van der Waals surface area contributed by atoms with E-state index in [0.717, 1.165) is 0 Å². The second-order valence-electron chi connectivity index (χ2n) is 4.26. The zero-order valence-electron chi connectivity index (χ0n) is 10.4. The maximum atomic E-state index is 12.6. The van der Waals surface area contributed by atoms with Gasteiger partial charge in [-0.05, 0) is 13.3 Å². The predicted molar refractivity (Wildman–Crippen MR) is 60.5 cm³/mol. The maximum Gasteiger partial charge on any atom is 0.449 e. The van der Waals surface area contributed by atoms with E-state index in [-0.39, 0.29) is 12.2 Å². The van der Waals surface area contributed by atoms with Gasteiger partial charge in [0.25, 0.3) is 5.56 Å². The van der Waals surface area contributed by atoms with E-state index in [2.05, 4.69) is 4.98 Å². The summed E-state index contributed by atoms with van der Waals surface area (Å²) in [5.74, 6) is -1.24. The molecule has 5 nitrogen and oxygen atoms in total. The molecular weight excluding hydrogens is 263 g/mol. The Labute approximate surface area is 107 Å². The molecule has 1 aromatic heterocycles. The monoisotopic (exact) mass is 277 g/mol. The highest BCUT2D eigenvalue weighted by Crippen LogP contribution is 2.26. The molecule has 19 heavy (non-hydrogen) atoms. The van der Waals surface area contributed by atoms with Crippen molar-refractivity contribution in [3.63, 3.8) is 0 Å². The fourth-order valence-electron chi connectivity index (χ4n) is 1.96. The van der Waals surface area contributed by atoms with Gasteiger partial charge in [-0.25, -0.2) is 4.98 Å². The van der Waals surface area contributed by atoms with Crippen molar-refractivity contribution in [3.05, 3.63) is 27.4 Å². The first-order valence-electron chi connectivity index (χ1n) is 5.91. The van der Waals surface area contributed by atoms with Crippen molar-refractivity contribution in [1.82, 2.24) is 14.9 Å². The first kappa shape index (κ1) is 14.0. The van der Waals surface area contributed by atoms with Crippen LogP contribution in [0.2, 0.25) is 0 Å². The average molecular weight is 277 g/mol. The van der Waals surface area contributed by atoms with Gasteiger partial charge in [0.1, 0.15) is 0 Å². The van der Waals surface area contributed by atoms with Gasteiger partial charge in [0.2, 0.25) is 5.82 Å². The summed E-state index contributed by atoms with van der Waals surface area (Å²) < 4.78 is 42.9. The van der Waals surface area contributed by atoms with Crippen molar-refractivity contribution in [2.24, 2.45) is 0 Å². The molecule has 106 valence electrons. The molecule has 2 rings (SSSR count). The summed E-state index contributed by atoms with van der Waals surface area (Å²) in [5.41, 5.74) is -0.184. The summed E-state index contributed by atoms with van der Waals surface area (Å²) in [4.78, 5) is 18.7. The summed E-state index contributed by atoms with van der Waals surface area (Å²) in [5, 5.41) is 0. The van der Waals surface area contributed by atoms with Gasteiger partial charge in [-0.3, -0.25) is 9.69 Å². The SMILES string of the molecule is CCOCN1CCc2c(nc(C(F)(F)F)[nH]c2=O)C1. The first-order valence-corrected chi connectivity index (χ1v) is 5.91. The second-order valence-corrected chi connectivity index (χ2v) is 4.26. The number of H-pyrrole nitrogens is 1. The Morgan fingerprint density at radius 2 is 2.21 bits per heavy atom. The molecule has 0 atom stereocenters. The molecule has 0 aromatic carbocycles. The summed E-state index contributed by atoms with van der Waals surface area (Å²) in [6.07, 6.45) is -4.26. The van der Waals surface area contributed by atoms with E-state index in [4.69, 9.17) is 4.74 Å². The van der Waals surface area contributed by atoms with Gasteiger partial charge in [0.05, 0.1) is 12.4 Å². The van der Waals surface area contributed by atoms with Crippen molar-refractivity contribution >= 4 is 0 Å². The maximum absolute atomic E-state index is 12.6. The standard InChI is InChI=1S/C11H14F3N3O2/c1-2-19-6-17-4-3-7-8(5-17)15-10(11(12,13)14)16-9(7)18/h2-6H2,1H3,(H,15,16,18). The minimum Gasteiger partial charge on any atom is -0.366 e. The van der Waals surface area contributed by atoms with Crippen LogP contribution >= 0.6 is 0 Å². The summed E-state index contributed by atoms with van der Waals surface area (Å²) in [6, 6.07) is 0. The van der Waals surface area contributed by atoms with Crippen LogP contribution in [-0.4, -0.2) is 34.8 Å². The quantitative estimate of drug-likeness (QED) is 0.900. The number of ether oxygens (including phenoxy) is 1. The zero-order valence-corrected chi connectivity index (χ0v) is 10.4. The first-order chi connectivity index (χ1) is 8.91. The molecule has 1 aliphatic heterocycles. The molecule has 1 N–H and O–H groups in total. The Balaban J connectivity index is 2.27. The molecule has 0 bridgehead atoms. The Kier molecular flexibility index (Phi) is 3.91. The number of nitrogens with one attached hydrogen (secondary N) is 1. The highest BCUT2D eigenvalue weighted by molar-refractivity contribution is 5.21. The van der Waals surface area contributed by atoms with Gasteiger partial charge < -0.3 is 9.72 Å². The van der Waals surface area contributed by atoms with Crippen LogP contribution in [0.3, 0.4) is 0 Å². The normalized spacial score (nSPS) is 16.4. The van der Waals surface area contributed by atoms with Gasteiger partial charge in [0.15, 0.2) is 0 Å². The predicted octanol–water partition coefficient (Wildman–Crippen LogP) is 1.14. The van der Waals surface area contributed by atoms with Gasteiger partial charge in [0, 0.05) is 25.3 Å². The second kappa shape index (κ2) is 5.30. The van der Waals surface area contributed by atoms with Crippen LogP contribution in [0.25, 0.3) is 0 Å². The van der Waals surface area contributed by atoms with E-state index in [1.807, 2.05) is 11.8 Å². The Hall–Kier alpha value is -1.41. The van der Waals surface area contributed by atoms with Crippen LogP contribution in [0, 0.1) is 0 Å². The fourth-order valence-corrected chi connectivity index (χ4v) is 1.96. The van der Waals surface area contributed by atoms with E-state index in [1.54, 1.807) is 4.98 Å². The summed E-state index contributed by atoms with van der Waals surface area (Å²) in [6.45, 7) is 3.46. The van der Waals surface area contributed by atoms with E-state index < -0.39 is 17.6 Å². The van der Waals surface area contributed by atoms with Crippen molar-refractivity contribution in [1.29, 1.82) is 0 Å². The van der Waals surface area contributed by atoms with Crippen molar-refractivity contribution in [3.8, 4) is 0 Å². The lowest BCUT2D eigenvalue weighted by Gasteiger charge is -2.27. The molecule has 2 heterocycles. The number of halogens is 3. The third kappa shape index (κ3) is 3.13. The summed E-state index contributed by atoms with van der Waals surface area (Å²) in [7, 11) is 0. The Morgan fingerprint density at radius 3 is 2.84 bits per heavy atom. The number of nitrogens with zero attached hydrogens (tertiary/aromatic N) is 2. The number of alkyl halides is 3. The highest BCUT2D eigenvalue weighted by Gasteiger charge is 2.35. The molecule has 1 aliphatic rings. The van der Waals surface area contributed by atoms with Gasteiger partial charge >= 0.3 is 6.18 Å². The average Bonchev–Trinajstić information content (AvgIpc) is 2.34.